The summed E-state index contributed by atoms with van der Waals surface area (Å²) in [7, 11) is 0. The van der Waals surface area contributed by atoms with Gasteiger partial charge in [0.15, 0.2) is 0 Å². The SMILES string of the molecule is Cc1ccccc1C(CC=O)C1CCC1. The highest BCUT2D eigenvalue weighted by Gasteiger charge is 2.28. The summed E-state index contributed by atoms with van der Waals surface area (Å²) in [6.45, 7) is 2.14. The maximum Gasteiger partial charge on any atom is 0.120 e. The van der Waals surface area contributed by atoms with Crippen molar-refractivity contribution in [3.8, 4) is 0 Å². The molecule has 1 aromatic carbocycles. The number of benzene rings is 1. The van der Waals surface area contributed by atoms with Crippen molar-refractivity contribution in [3.05, 3.63) is 35.4 Å². The summed E-state index contributed by atoms with van der Waals surface area (Å²) in [5.41, 5.74) is 2.71. The summed E-state index contributed by atoms with van der Waals surface area (Å²) in [6.07, 6.45) is 5.70. The number of carbonyl (C=O) groups excluding carboxylic acids is 1. The smallest absolute Gasteiger partial charge is 0.120 e. The van der Waals surface area contributed by atoms with Crippen LogP contribution in [-0.2, 0) is 4.79 Å². The largest absolute Gasteiger partial charge is 0.303 e. The Morgan fingerprint density at radius 1 is 1.40 bits per heavy atom. The quantitative estimate of drug-likeness (QED) is 0.683. The highest BCUT2D eigenvalue weighted by atomic mass is 16.1. The van der Waals surface area contributed by atoms with E-state index in [1.54, 1.807) is 0 Å². The molecule has 1 unspecified atom stereocenters. The summed E-state index contributed by atoms with van der Waals surface area (Å²) in [6, 6.07) is 8.48. The van der Waals surface area contributed by atoms with Crippen LogP contribution in [-0.4, -0.2) is 6.29 Å². The lowest BCUT2D eigenvalue weighted by Crippen LogP contribution is -2.21. The van der Waals surface area contributed by atoms with Gasteiger partial charge in [-0.25, -0.2) is 0 Å². The minimum absolute atomic E-state index is 0.470. The van der Waals surface area contributed by atoms with E-state index in [0.717, 1.165) is 12.2 Å². The predicted octanol–water partition coefficient (Wildman–Crippen LogP) is 3.47. The van der Waals surface area contributed by atoms with Gasteiger partial charge in [0.2, 0.25) is 0 Å². The van der Waals surface area contributed by atoms with Gasteiger partial charge in [0, 0.05) is 6.42 Å². The molecule has 0 radical (unpaired) electrons. The number of hydrogen-bond acceptors (Lipinski definition) is 1. The molecule has 1 nitrogen and oxygen atoms in total. The minimum Gasteiger partial charge on any atom is -0.303 e. The summed E-state index contributed by atoms with van der Waals surface area (Å²) in [5, 5.41) is 0. The van der Waals surface area contributed by atoms with Gasteiger partial charge in [-0.3, -0.25) is 0 Å². The first-order valence-corrected chi connectivity index (χ1v) is 5.82. The van der Waals surface area contributed by atoms with Gasteiger partial charge >= 0.3 is 0 Å². The van der Waals surface area contributed by atoms with Crippen LogP contribution in [0, 0.1) is 12.8 Å². The molecule has 1 aliphatic rings. The van der Waals surface area contributed by atoms with Crippen LogP contribution in [0.3, 0.4) is 0 Å². The Morgan fingerprint density at radius 3 is 2.67 bits per heavy atom. The minimum atomic E-state index is 0.470. The third kappa shape index (κ3) is 2.11. The summed E-state index contributed by atoms with van der Waals surface area (Å²) < 4.78 is 0. The first-order valence-electron chi connectivity index (χ1n) is 5.82. The van der Waals surface area contributed by atoms with Crippen molar-refractivity contribution in [2.75, 3.05) is 0 Å². The van der Waals surface area contributed by atoms with E-state index in [4.69, 9.17) is 0 Å². The fourth-order valence-corrected chi connectivity index (χ4v) is 2.52. The van der Waals surface area contributed by atoms with Crippen molar-refractivity contribution in [2.45, 2.75) is 38.5 Å². The van der Waals surface area contributed by atoms with Gasteiger partial charge in [-0.15, -0.1) is 0 Å². The average molecular weight is 202 g/mol. The molecule has 1 aliphatic carbocycles. The molecule has 0 heterocycles. The molecule has 0 spiro atoms. The molecule has 0 N–H and O–H groups in total. The first kappa shape index (κ1) is 10.4. The molecular formula is C14H18O. The molecule has 0 aliphatic heterocycles. The monoisotopic (exact) mass is 202 g/mol. The van der Waals surface area contributed by atoms with Crippen LogP contribution in [0.25, 0.3) is 0 Å². The Bertz CT molecular complexity index is 339. The predicted molar refractivity (Wildman–Crippen MR) is 61.9 cm³/mol. The van der Waals surface area contributed by atoms with Gasteiger partial charge in [0.1, 0.15) is 6.29 Å². The Labute approximate surface area is 91.5 Å². The van der Waals surface area contributed by atoms with Crippen molar-refractivity contribution in [3.63, 3.8) is 0 Å². The lowest BCUT2D eigenvalue weighted by molar-refractivity contribution is -0.108. The molecule has 15 heavy (non-hydrogen) atoms. The molecule has 1 saturated carbocycles. The maximum atomic E-state index is 10.7. The van der Waals surface area contributed by atoms with Gasteiger partial charge < -0.3 is 4.79 Å². The highest BCUT2D eigenvalue weighted by Crippen LogP contribution is 2.41. The zero-order valence-electron chi connectivity index (χ0n) is 9.28. The van der Waals surface area contributed by atoms with E-state index in [0.29, 0.717) is 12.3 Å². The van der Waals surface area contributed by atoms with E-state index >= 15 is 0 Å². The van der Waals surface area contributed by atoms with Crippen molar-refractivity contribution >= 4 is 6.29 Å². The Kier molecular flexibility index (Phi) is 3.20. The highest BCUT2D eigenvalue weighted by molar-refractivity contribution is 5.52. The van der Waals surface area contributed by atoms with E-state index < -0.39 is 0 Å². The molecule has 0 saturated heterocycles. The van der Waals surface area contributed by atoms with E-state index in [1.165, 1.54) is 30.4 Å². The second kappa shape index (κ2) is 4.61. The standard InChI is InChI=1S/C14H18O/c1-11-5-2-3-8-13(11)14(9-10-15)12-6-4-7-12/h2-3,5,8,10,12,14H,4,6-7,9H2,1H3. The molecule has 1 atom stereocenters. The van der Waals surface area contributed by atoms with E-state index in [-0.39, 0.29) is 0 Å². The molecule has 80 valence electrons. The van der Waals surface area contributed by atoms with Crippen molar-refractivity contribution in [1.82, 2.24) is 0 Å². The van der Waals surface area contributed by atoms with Gasteiger partial charge in [0.25, 0.3) is 0 Å². The van der Waals surface area contributed by atoms with E-state index in [1.807, 2.05) is 0 Å². The maximum absolute atomic E-state index is 10.7. The summed E-state index contributed by atoms with van der Waals surface area (Å²) in [5.74, 6) is 1.22. The molecular weight excluding hydrogens is 184 g/mol. The molecule has 2 rings (SSSR count). The number of carbonyl (C=O) groups is 1. The fourth-order valence-electron chi connectivity index (χ4n) is 2.52. The number of hydrogen-bond donors (Lipinski definition) is 0. The topological polar surface area (TPSA) is 17.1 Å². The van der Waals surface area contributed by atoms with Crippen LogP contribution in [0.5, 0.6) is 0 Å². The summed E-state index contributed by atoms with van der Waals surface area (Å²) >= 11 is 0. The van der Waals surface area contributed by atoms with Crippen LogP contribution >= 0.6 is 0 Å². The zero-order valence-corrected chi connectivity index (χ0v) is 9.28. The molecule has 1 heteroatoms. The van der Waals surface area contributed by atoms with E-state index in [2.05, 4.69) is 31.2 Å². The van der Waals surface area contributed by atoms with Crippen LogP contribution in [0.2, 0.25) is 0 Å². The Morgan fingerprint density at radius 2 is 2.13 bits per heavy atom. The van der Waals surface area contributed by atoms with Crippen LogP contribution in [0.4, 0.5) is 0 Å². The average Bonchev–Trinajstić information content (AvgIpc) is 2.15. The van der Waals surface area contributed by atoms with Crippen molar-refractivity contribution in [1.29, 1.82) is 0 Å². The molecule has 0 amide bonds. The molecule has 1 aromatic rings. The summed E-state index contributed by atoms with van der Waals surface area (Å²) in [4.78, 5) is 10.7. The molecule has 0 bridgehead atoms. The van der Waals surface area contributed by atoms with Gasteiger partial charge in [-0.05, 0) is 42.7 Å². The zero-order chi connectivity index (χ0) is 10.7. The van der Waals surface area contributed by atoms with Crippen molar-refractivity contribution in [2.24, 2.45) is 5.92 Å². The van der Waals surface area contributed by atoms with Gasteiger partial charge in [-0.2, -0.15) is 0 Å². The number of aldehydes is 1. The van der Waals surface area contributed by atoms with E-state index in [9.17, 15) is 4.79 Å². The Hall–Kier alpha value is -1.11. The van der Waals surface area contributed by atoms with Crippen LogP contribution < -0.4 is 0 Å². The number of rotatable bonds is 4. The second-order valence-corrected chi connectivity index (χ2v) is 4.56. The Balaban J connectivity index is 2.23. The molecule has 1 fully saturated rings. The third-order valence-electron chi connectivity index (χ3n) is 3.66. The normalized spacial score (nSPS) is 18.2. The lowest BCUT2D eigenvalue weighted by atomic mass is 9.71. The van der Waals surface area contributed by atoms with Gasteiger partial charge in [0.05, 0.1) is 0 Å². The molecule has 0 aromatic heterocycles. The second-order valence-electron chi connectivity index (χ2n) is 4.56. The fraction of sp³-hybridized carbons (Fsp3) is 0.500. The van der Waals surface area contributed by atoms with Crippen LogP contribution in [0.1, 0.15) is 42.7 Å². The first-order chi connectivity index (χ1) is 7.33. The van der Waals surface area contributed by atoms with Crippen molar-refractivity contribution < 1.29 is 4.79 Å². The van der Waals surface area contributed by atoms with Crippen LogP contribution in [0.15, 0.2) is 24.3 Å². The third-order valence-corrected chi connectivity index (χ3v) is 3.66. The van der Waals surface area contributed by atoms with Gasteiger partial charge in [-0.1, -0.05) is 30.7 Å². The number of aryl methyl sites for hydroxylation is 1. The lowest BCUT2D eigenvalue weighted by Gasteiger charge is -2.34.